The van der Waals surface area contributed by atoms with Gasteiger partial charge in [0.15, 0.2) is 0 Å². The summed E-state index contributed by atoms with van der Waals surface area (Å²) in [5, 5.41) is 3.06. The first kappa shape index (κ1) is 29.1. The predicted molar refractivity (Wildman–Crippen MR) is 155 cm³/mol. The van der Waals surface area contributed by atoms with Gasteiger partial charge in [-0.25, -0.2) is 0 Å². The first-order valence-electron chi connectivity index (χ1n) is 13.0. The van der Waals surface area contributed by atoms with Gasteiger partial charge in [0.1, 0.15) is 17.5 Å². The fourth-order valence-electron chi connectivity index (χ4n) is 4.09. The second-order valence-corrected chi connectivity index (χ2v) is 10.0. The highest BCUT2D eigenvalue weighted by atomic mass is 32.2. The minimum atomic E-state index is -0.630. The molecule has 0 aromatic heterocycles. The number of carbonyl (C=O) groups is 2. The van der Waals surface area contributed by atoms with E-state index in [1.165, 1.54) is 0 Å². The van der Waals surface area contributed by atoms with Crippen LogP contribution in [0.25, 0.3) is 0 Å². The molecule has 6 nitrogen and oxygen atoms in total. The van der Waals surface area contributed by atoms with E-state index in [0.717, 1.165) is 41.0 Å². The van der Waals surface area contributed by atoms with Crippen molar-refractivity contribution >= 4 is 23.6 Å². The predicted octanol–water partition coefficient (Wildman–Crippen LogP) is 5.49. The van der Waals surface area contributed by atoms with E-state index in [4.69, 9.17) is 9.47 Å². The Morgan fingerprint density at radius 3 is 2.26 bits per heavy atom. The van der Waals surface area contributed by atoms with E-state index in [-0.39, 0.29) is 17.6 Å². The van der Waals surface area contributed by atoms with Crippen molar-refractivity contribution < 1.29 is 19.1 Å². The van der Waals surface area contributed by atoms with E-state index < -0.39 is 6.04 Å². The van der Waals surface area contributed by atoms with Crippen LogP contribution < -0.4 is 14.8 Å². The Morgan fingerprint density at radius 1 is 0.868 bits per heavy atom. The molecule has 0 radical (unpaired) electrons. The van der Waals surface area contributed by atoms with E-state index in [9.17, 15) is 9.59 Å². The molecule has 0 fully saturated rings. The average molecular weight is 535 g/mol. The Labute approximate surface area is 230 Å². The Hall–Kier alpha value is -3.45. The third-order valence-corrected chi connectivity index (χ3v) is 7.23. The summed E-state index contributed by atoms with van der Waals surface area (Å²) in [6.07, 6.45) is 2.32. The Bertz CT molecular complexity index is 1140. The first-order chi connectivity index (χ1) is 18.5. The number of ether oxygens (including phenoxy) is 2. The number of nitrogens with one attached hydrogen (secondary N) is 1. The molecule has 1 N–H and O–H groups in total. The zero-order chi connectivity index (χ0) is 27.2. The lowest BCUT2D eigenvalue weighted by molar-refractivity contribution is -0.139. The summed E-state index contributed by atoms with van der Waals surface area (Å²) in [5.74, 6) is 2.28. The molecule has 3 rings (SSSR count). The number of benzene rings is 3. The summed E-state index contributed by atoms with van der Waals surface area (Å²) in [6, 6.07) is 24.7. The van der Waals surface area contributed by atoms with Crippen LogP contribution in [0.2, 0.25) is 0 Å². The van der Waals surface area contributed by atoms with Crippen LogP contribution in [0.5, 0.6) is 11.5 Å². The molecule has 1 atom stereocenters. The van der Waals surface area contributed by atoms with Crippen LogP contribution in [0.3, 0.4) is 0 Å². The van der Waals surface area contributed by atoms with Crippen molar-refractivity contribution in [3.05, 3.63) is 95.6 Å². The van der Waals surface area contributed by atoms with E-state index in [1.54, 1.807) is 30.9 Å². The van der Waals surface area contributed by atoms with Gasteiger partial charge in [0.05, 0.1) is 20.0 Å². The number of thioether (sulfide) groups is 1. The maximum Gasteiger partial charge on any atom is 0.243 e. The zero-order valence-corrected chi connectivity index (χ0v) is 23.3. The van der Waals surface area contributed by atoms with Gasteiger partial charge < -0.3 is 19.7 Å². The second-order valence-electron chi connectivity index (χ2n) is 9.06. The van der Waals surface area contributed by atoms with E-state index in [1.807, 2.05) is 78.9 Å². The topological polar surface area (TPSA) is 67.9 Å². The van der Waals surface area contributed by atoms with Gasteiger partial charge >= 0.3 is 0 Å². The van der Waals surface area contributed by atoms with Crippen LogP contribution in [-0.2, 0) is 28.3 Å². The third kappa shape index (κ3) is 9.14. The van der Waals surface area contributed by atoms with Gasteiger partial charge in [-0.05, 0) is 47.4 Å². The molecule has 3 aromatic carbocycles. The molecule has 0 bridgehead atoms. The number of carbonyl (C=O) groups excluding carboxylic acids is 2. The molecule has 0 aliphatic heterocycles. The lowest BCUT2D eigenvalue weighted by Crippen LogP contribution is -2.51. The van der Waals surface area contributed by atoms with Crippen LogP contribution in [0, 0.1) is 0 Å². The minimum absolute atomic E-state index is 0.0714. The quantitative estimate of drug-likeness (QED) is 0.261. The molecule has 0 saturated carbocycles. The van der Waals surface area contributed by atoms with Gasteiger partial charge in [0.2, 0.25) is 11.8 Å². The number of hydrogen-bond donors (Lipinski definition) is 1. The highest BCUT2D eigenvalue weighted by Gasteiger charge is 2.30. The maximum atomic E-state index is 13.7. The molecule has 0 spiro atoms. The van der Waals surface area contributed by atoms with Gasteiger partial charge in [-0.15, -0.1) is 11.8 Å². The van der Waals surface area contributed by atoms with Crippen LogP contribution in [0.15, 0.2) is 78.9 Å². The van der Waals surface area contributed by atoms with Gasteiger partial charge in [0, 0.05) is 25.3 Å². The Balaban J connectivity index is 1.82. The number of nitrogens with zero attached hydrogens (tertiary/aromatic N) is 1. The van der Waals surface area contributed by atoms with E-state index in [0.29, 0.717) is 25.3 Å². The molecule has 3 aromatic rings. The Kier molecular flexibility index (Phi) is 12.0. The van der Waals surface area contributed by atoms with Crippen molar-refractivity contribution in [1.82, 2.24) is 10.2 Å². The first-order valence-corrected chi connectivity index (χ1v) is 14.1. The SMILES string of the molecule is CCCCNC(=O)[C@H](Cc1ccccc1)N(Cc1cccc(OC)c1)C(=O)CSCc1ccc(OC)cc1. The number of amides is 2. The van der Waals surface area contributed by atoms with Crippen molar-refractivity contribution in [2.45, 2.75) is 44.5 Å². The zero-order valence-electron chi connectivity index (χ0n) is 22.5. The van der Waals surface area contributed by atoms with Crippen LogP contribution >= 0.6 is 11.8 Å². The Morgan fingerprint density at radius 2 is 1.58 bits per heavy atom. The van der Waals surface area contributed by atoms with Gasteiger partial charge in [-0.2, -0.15) is 0 Å². The van der Waals surface area contributed by atoms with Crippen molar-refractivity contribution in [2.75, 3.05) is 26.5 Å². The van der Waals surface area contributed by atoms with Crippen molar-refractivity contribution in [2.24, 2.45) is 0 Å². The molecule has 0 aliphatic carbocycles. The molecule has 0 heterocycles. The fourth-order valence-corrected chi connectivity index (χ4v) is 4.96. The molecule has 0 unspecified atom stereocenters. The molecule has 7 heteroatoms. The second kappa shape index (κ2) is 15.7. The molecule has 202 valence electrons. The van der Waals surface area contributed by atoms with Crippen LogP contribution in [0.1, 0.15) is 36.5 Å². The van der Waals surface area contributed by atoms with Crippen molar-refractivity contribution in [1.29, 1.82) is 0 Å². The monoisotopic (exact) mass is 534 g/mol. The van der Waals surface area contributed by atoms with Crippen molar-refractivity contribution in [3.8, 4) is 11.5 Å². The fraction of sp³-hybridized carbons (Fsp3) is 0.355. The van der Waals surface area contributed by atoms with E-state index >= 15 is 0 Å². The highest BCUT2D eigenvalue weighted by Crippen LogP contribution is 2.21. The lowest BCUT2D eigenvalue weighted by atomic mass is 10.0. The number of methoxy groups -OCH3 is 2. The summed E-state index contributed by atoms with van der Waals surface area (Å²) in [7, 11) is 3.26. The standard InChI is InChI=1S/C31H38N2O4S/c1-4-5-18-32-31(35)29(20-24-10-7-6-8-11-24)33(21-26-12-9-13-28(19-26)37-3)30(34)23-38-22-25-14-16-27(36-2)17-15-25/h6-17,19,29H,4-5,18,20-23H2,1-3H3,(H,32,35)/t29-/m0/s1. The molecule has 0 saturated heterocycles. The molecular formula is C31H38N2O4S. The average Bonchev–Trinajstić information content (AvgIpc) is 2.96. The number of hydrogen-bond acceptors (Lipinski definition) is 5. The molecule has 38 heavy (non-hydrogen) atoms. The number of unbranched alkanes of at least 4 members (excludes halogenated alkanes) is 1. The number of rotatable bonds is 15. The van der Waals surface area contributed by atoms with Gasteiger partial charge in [-0.3, -0.25) is 9.59 Å². The normalized spacial score (nSPS) is 11.4. The molecule has 0 aliphatic rings. The van der Waals surface area contributed by atoms with Crippen LogP contribution in [0.4, 0.5) is 0 Å². The van der Waals surface area contributed by atoms with Crippen LogP contribution in [-0.4, -0.2) is 49.3 Å². The highest BCUT2D eigenvalue weighted by molar-refractivity contribution is 7.99. The molecular weight excluding hydrogens is 496 g/mol. The summed E-state index contributed by atoms with van der Waals surface area (Å²) < 4.78 is 10.6. The third-order valence-electron chi connectivity index (χ3n) is 6.24. The van der Waals surface area contributed by atoms with Gasteiger partial charge in [0.25, 0.3) is 0 Å². The summed E-state index contributed by atoms with van der Waals surface area (Å²) in [6.45, 7) is 3.00. The minimum Gasteiger partial charge on any atom is -0.497 e. The maximum absolute atomic E-state index is 13.7. The van der Waals surface area contributed by atoms with Gasteiger partial charge in [-0.1, -0.05) is 67.9 Å². The summed E-state index contributed by atoms with van der Waals surface area (Å²) in [5.41, 5.74) is 3.04. The van der Waals surface area contributed by atoms with Crippen molar-refractivity contribution in [3.63, 3.8) is 0 Å². The smallest absolute Gasteiger partial charge is 0.243 e. The largest absolute Gasteiger partial charge is 0.497 e. The summed E-state index contributed by atoms with van der Waals surface area (Å²) in [4.78, 5) is 28.9. The lowest BCUT2D eigenvalue weighted by Gasteiger charge is -2.31. The summed E-state index contributed by atoms with van der Waals surface area (Å²) >= 11 is 1.54. The van der Waals surface area contributed by atoms with E-state index in [2.05, 4.69) is 12.2 Å². The molecule has 2 amide bonds.